The molecule has 0 saturated heterocycles. The number of pyridine rings is 2. The molecule has 4 heterocycles. The summed E-state index contributed by atoms with van der Waals surface area (Å²) in [5.74, 6) is 0.324. The summed E-state index contributed by atoms with van der Waals surface area (Å²) in [6.45, 7) is 8.69. The maximum absolute atomic E-state index is 7.33. The quantitative estimate of drug-likeness (QED) is 0.0949. The number of rotatable bonds is 7. The molecule has 0 fully saturated rings. The molecule has 7 heteroatoms. The van der Waals surface area contributed by atoms with E-state index in [-0.39, 0.29) is 0 Å². The van der Waals surface area contributed by atoms with Crippen LogP contribution in [0.4, 0.5) is 17.1 Å². The number of nitrogens with zero attached hydrogens (tertiary/aromatic N) is 5. The molecule has 1 aliphatic rings. The summed E-state index contributed by atoms with van der Waals surface area (Å²) in [5.41, 5.74) is 29.4. The minimum absolute atomic E-state index is 0.324. The van der Waals surface area contributed by atoms with Gasteiger partial charge in [-0.2, -0.15) is 0 Å². The second kappa shape index (κ2) is 18.7. The van der Waals surface area contributed by atoms with Crippen molar-refractivity contribution in [2.45, 2.75) is 40.7 Å². The lowest BCUT2D eigenvalue weighted by Gasteiger charge is -2.34. The van der Waals surface area contributed by atoms with Gasteiger partial charge in [-0.25, -0.2) is 4.99 Å². The van der Waals surface area contributed by atoms with Crippen LogP contribution in [0.1, 0.15) is 44.4 Å². The molecule has 4 N–H and O–H groups in total. The fraction of sp³-hybridized carbons (Fsp3) is 0.109. The monoisotopic (exact) mass is 809 g/mol. The Morgan fingerprint density at radius 3 is 1.87 bits per heavy atom. The van der Waals surface area contributed by atoms with Gasteiger partial charge < -0.3 is 16.4 Å². The van der Waals surface area contributed by atoms with E-state index in [0.29, 0.717) is 24.6 Å². The molecule has 0 saturated carbocycles. The lowest BCUT2D eigenvalue weighted by molar-refractivity contribution is 0.963. The Labute approximate surface area is 364 Å². The summed E-state index contributed by atoms with van der Waals surface area (Å²) < 4.78 is 2.02. The van der Waals surface area contributed by atoms with Gasteiger partial charge in [-0.3, -0.25) is 14.5 Å². The number of nitrogens with two attached hydrogens (primary N) is 2. The number of hydrogen-bond donors (Lipinski definition) is 2. The largest absolute Gasteiger partial charge is 0.395 e. The zero-order chi connectivity index (χ0) is 43.0. The minimum Gasteiger partial charge on any atom is -0.395 e. The number of nitrogen functional groups attached to an aromatic ring is 1. The van der Waals surface area contributed by atoms with Crippen molar-refractivity contribution in [3.05, 3.63) is 205 Å². The first-order valence-electron chi connectivity index (χ1n) is 21.4. The van der Waals surface area contributed by atoms with Crippen LogP contribution in [0.15, 0.2) is 193 Å². The molecule has 0 atom stereocenters. The summed E-state index contributed by atoms with van der Waals surface area (Å²) in [4.78, 5) is 16.6. The van der Waals surface area contributed by atoms with Crippen LogP contribution in [0.3, 0.4) is 0 Å². The van der Waals surface area contributed by atoms with Crippen molar-refractivity contribution >= 4 is 50.5 Å². The van der Waals surface area contributed by atoms with Crippen LogP contribution in [0.5, 0.6) is 0 Å². The highest BCUT2D eigenvalue weighted by Crippen LogP contribution is 2.46. The Hall–Kier alpha value is -7.77. The van der Waals surface area contributed by atoms with Gasteiger partial charge in [0.15, 0.2) is 0 Å². The highest BCUT2D eigenvalue weighted by Gasteiger charge is 2.26. The molecule has 10 rings (SSSR count). The van der Waals surface area contributed by atoms with E-state index in [4.69, 9.17) is 16.5 Å². The van der Waals surface area contributed by atoms with E-state index in [1.807, 2.05) is 87.1 Å². The fourth-order valence-electron chi connectivity index (χ4n) is 8.18. The van der Waals surface area contributed by atoms with E-state index in [9.17, 15) is 0 Å². The van der Waals surface area contributed by atoms with Crippen LogP contribution in [0.2, 0.25) is 0 Å². The number of fused-ring (bicyclic) bond motifs is 6. The third-order valence-corrected chi connectivity index (χ3v) is 11.0. The number of benzene rings is 6. The molecule has 9 aromatic rings. The molecular weight excluding hydrogens is 759 g/mol. The van der Waals surface area contributed by atoms with Crippen LogP contribution in [0.25, 0.3) is 61.1 Å². The molecule has 0 bridgehead atoms. The zero-order valence-electron chi connectivity index (χ0n) is 35.7. The average Bonchev–Trinajstić information content (AvgIpc) is 3.70. The van der Waals surface area contributed by atoms with Gasteiger partial charge in [-0.1, -0.05) is 155 Å². The second-order valence-corrected chi connectivity index (χ2v) is 14.5. The minimum atomic E-state index is 0.324. The SMILES string of the molecule is CC.CC.NC(=N/C(=C\Cc1ccc(-c2ccccn2)cc1)c1ccc(-c2ccccn2)cc1)n1c2ccccc2c2ccc(N3Cc4ccccc4-c4ccccc43)c(N)c21. The topological polar surface area (TPSA) is 98.3 Å². The van der Waals surface area contributed by atoms with Crippen molar-refractivity contribution in [2.24, 2.45) is 10.7 Å². The number of aliphatic imine (C=N–C) groups is 1. The van der Waals surface area contributed by atoms with Gasteiger partial charge >= 0.3 is 0 Å². The Morgan fingerprint density at radius 1 is 0.597 bits per heavy atom. The lowest BCUT2D eigenvalue weighted by atomic mass is 9.93. The van der Waals surface area contributed by atoms with Crippen LogP contribution in [-0.2, 0) is 13.0 Å². The molecule has 3 aromatic heterocycles. The van der Waals surface area contributed by atoms with Crippen molar-refractivity contribution in [2.75, 3.05) is 10.6 Å². The van der Waals surface area contributed by atoms with Gasteiger partial charge in [0, 0.05) is 52.1 Å². The van der Waals surface area contributed by atoms with Gasteiger partial charge in [0.25, 0.3) is 0 Å². The van der Waals surface area contributed by atoms with Crippen LogP contribution in [-0.4, -0.2) is 20.5 Å². The molecule has 0 aliphatic carbocycles. The number of para-hydroxylation sites is 2. The summed E-state index contributed by atoms with van der Waals surface area (Å²) in [6.07, 6.45) is 6.41. The molecule has 0 unspecified atom stereocenters. The van der Waals surface area contributed by atoms with Crippen LogP contribution < -0.4 is 16.4 Å². The van der Waals surface area contributed by atoms with Gasteiger partial charge in [-0.05, 0) is 77.2 Å². The maximum atomic E-state index is 7.33. The Kier molecular flexibility index (Phi) is 12.3. The Bertz CT molecular complexity index is 3000. The highest BCUT2D eigenvalue weighted by atomic mass is 15.2. The molecular formula is C55H51N7. The van der Waals surface area contributed by atoms with Gasteiger partial charge in [0.05, 0.1) is 39.5 Å². The van der Waals surface area contributed by atoms with E-state index in [2.05, 4.69) is 148 Å². The molecule has 1 aliphatic heterocycles. The van der Waals surface area contributed by atoms with Crippen LogP contribution in [0, 0.1) is 0 Å². The van der Waals surface area contributed by atoms with Gasteiger partial charge in [0.1, 0.15) is 0 Å². The molecule has 62 heavy (non-hydrogen) atoms. The first-order chi connectivity index (χ1) is 30.6. The average molecular weight is 810 g/mol. The Morgan fingerprint density at radius 2 is 1.19 bits per heavy atom. The van der Waals surface area contributed by atoms with Crippen molar-refractivity contribution in [3.8, 4) is 33.6 Å². The Balaban J connectivity index is 0.00000129. The van der Waals surface area contributed by atoms with E-state index in [1.54, 1.807) is 0 Å². The molecule has 7 nitrogen and oxygen atoms in total. The first kappa shape index (κ1) is 41.0. The van der Waals surface area contributed by atoms with E-state index < -0.39 is 0 Å². The van der Waals surface area contributed by atoms with Crippen molar-refractivity contribution in [1.82, 2.24) is 14.5 Å². The van der Waals surface area contributed by atoms with E-state index >= 15 is 0 Å². The summed E-state index contributed by atoms with van der Waals surface area (Å²) in [5, 5.41) is 2.07. The molecule has 0 radical (unpaired) electrons. The second-order valence-electron chi connectivity index (χ2n) is 14.5. The molecule has 0 spiro atoms. The predicted octanol–water partition coefficient (Wildman–Crippen LogP) is 13.3. The zero-order valence-corrected chi connectivity index (χ0v) is 35.7. The van der Waals surface area contributed by atoms with Gasteiger partial charge in [-0.15, -0.1) is 0 Å². The van der Waals surface area contributed by atoms with Crippen LogP contribution >= 0.6 is 0 Å². The molecule has 306 valence electrons. The standard InChI is InChI=1S/C51H39N7.2C2H6/c52-49-48(57-33-38-11-1-2-12-39(38)40-13-3-5-17-46(40)57)30-28-42-41-14-4-6-18-47(41)58(50(42)49)51(53)56-45(37-26-24-36(25-27-37)44-16-8-10-32-55-44)29-21-34-19-22-35(23-20-34)43-15-7-9-31-54-43;2*1-2/h1-20,22-32H,21,33,52H2,(H2,53,56);2*1-2H3/b45-29-;;. The predicted molar refractivity (Wildman–Crippen MR) is 262 cm³/mol. The third-order valence-electron chi connectivity index (χ3n) is 11.0. The molecule has 0 amide bonds. The normalized spacial score (nSPS) is 12.2. The third kappa shape index (κ3) is 7.96. The smallest absolute Gasteiger partial charge is 0.205 e. The van der Waals surface area contributed by atoms with Crippen molar-refractivity contribution in [3.63, 3.8) is 0 Å². The first-order valence-corrected chi connectivity index (χ1v) is 21.4. The maximum Gasteiger partial charge on any atom is 0.205 e. The summed E-state index contributed by atoms with van der Waals surface area (Å²) in [7, 11) is 0. The summed E-state index contributed by atoms with van der Waals surface area (Å²) in [6, 6.07) is 58.4. The number of anilines is 3. The number of allylic oxidation sites excluding steroid dienone is 1. The number of aromatic nitrogens is 3. The summed E-state index contributed by atoms with van der Waals surface area (Å²) >= 11 is 0. The molecule has 6 aromatic carbocycles. The van der Waals surface area contributed by atoms with Crippen molar-refractivity contribution in [1.29, 1.82) is 0 Å². The van der Waals surface area contributed by atoms with E-state index in [1.165, 1.54) is 16.7 Å². The van der Waals surface area contributed by atoms with Gasteiger partial charge in [0.2, 0.25) is 5.96 Å². The number of hydrogen-bond acceptors (Lipinski definition) is 5. The highest BCUT2D eigenvalue weighted by molar-refractivity contribution is 6.19. The van der Waals surface area contributed by atoms with E-state index in [0.717, 1.165) is 72.5 Å². The lowest BCUT2D eigenvalue weighted by Crippen LogP contribution is -2.24. The van der Waals surface area contributed by atoms with Crippen molar-refractivity contribution < 1.29 is 0 Å². The fourth-order valence-corrected chi connectivity index (χ4v) is 8.18.